The summed E-state index contributed by atoms with van der Waals surface area (Å²) in [5.74, 6) is 0.799. The smallest absolute Gasteiger partial charge is 0.267 e. The first-order valence-corrected chi connectivity index (χ1v) is 8.53. The predicted octanol–water partition coefficient (Wildman–Crippen LogP) is 2.30. The Hall–Kier alpha value is -1.01. The van der Waals surface area contributed by atoms with E-state index in [0.29, 0.717) is 10.8 Å². The average Bonchev–Trinajstić information content (AvgIpc) is 2.94. The summed E-state index contributed by atoms with van der Waals surface area (Å²) in [6, 6.07) is 0. The molecule has 118 valence electrons. The minimum absolute atomic E-state index is 0.108. The van der Waals surface area contributed by atoms with Crippen molar-refractivity contribution in [2.45, 2.75) is 46.0 Å². The van der Waals surface area contributed by atoms with E-state index in [-0.39, 0.29) is 11.3 Å². The van der Waals surface area contributed by atoms with Crippen LogP contribution in [0.5, 0.6) is 0 Å². The van der Waals surface area contributed by atoms with Gasteiger partial charge in [-0.05, 0) is 43.4 Å². The lowest BCUT2D eigenvalue weighted by atomic mass is 9.91. The third-order valence-electron chi connectivity index (χ3n) is 3.98. The lowest BCUT2D eigenvalue weighted by Gasteiger charge is -2.32. The van der Waals surface area contributed by atoms with Gasteiger partial charge >= 0.3 is 0 Å². The van der Waals surface area contributed by atoms with Crippen molar-refractivity contribution in [3.63, 3.8) is 0 Å². The topological polar surface area (TPSA) is 58.1 Å². The molecule has 0 spiro atoms. The van der Waals surface area contributed by atoms with Gasteiger partial charge in [-0.1, -0.05) is 32.2 Å². The van der Waals surface area contributed by atoms with E-state index in [1.165, 1.54) is 11.5 Å². The molecule has 2 rings (SSSR count). The molecule has 1 aliphatic heterocycles. The fraction of sp³-hybridized carbons (Fsp3) is 0.800. The van der Waals surface area contributed by atoms with Gasteiger partial charge in [-0.25, -0.2) is 0 Å². The van der Waals surface area contributed by atoms with Crippen LogP contribution in [-0.2, 0) is 5.41 Å². The van der Waals surface area contributed by atoms with Crippen LogP contribution < -0.4 is 5.32 Å². The minimum atomic E-state index is -0.138. The van der Waals surface area contributed by atoms with Crippen LogP contribution in [0.25, 0.3) is 0 Å². The largest absolute Gasteiger partial charge is 0.338 e. The molecule has 1 aliphatic rings. The minimum Gasteiger partial charge on any atom is -0.338 e. The number of carbonyl (C=O) groups excluding carboxylic acids is 1. The van der Waals surface area contributed by atoms with Crippen molar-refractivity contribution in [3.05, 3.63) is 10.6 Å². The first kappa shape index (κ1) is 16.4. The highest BCUT2D eigenvalue weighted by atomic mass is 32.1. The summed E-state index contributed by atoms with van der Waals surface area (Å²) in [5.41, 5.74) is 0.689. The number of nitrogens with zero attached hydrogens (tertiary/aromatic N) is 3. The Bertz CT molecular complexity index is 472. The van der Waals surface area contributed by atoms with Gasteiger partial charge in [0, 0.05) is 18.5 Å². The molecule has 1 amide bonds. The van der Waals surface area contributed by atoms with Crippen LogP contribution >= 0.6 is 11.5 Å². The van der Waals surface area contributed by atoms with Gasteiger partial charge in [-0.3, -0.25) is 4.79 Å². The van der Waals surface area contributed by atoms with E-state index in [0.717, 1.165) is 44.7 Å². The van der Waals surface area contributed by atoms with Crippen molar-refractivity contribution < 1.29 is 4.79 Å². The third kappa shape index (κ3) is 4.01. The zero-order chi connectivity index (χ0) is 15.5. The molecule has 2 heterocycles. The van der Waals surface area contributed by atoms with Gasteiger partial charge in [0.1, 0.15) is 4.88 Å². The van der Waals surface area contributed by atoms with Crippen molar-refractivity contribution in [2.75, 3.05) is 26.2 Å². The summed E-state index contributed by atoms with van der Waals surface area (Å²) in [6.07, 6.45) is 2.16. The van der Waals surface area contributed by atoms with Crippen molar-refractivity contribution in [1.29, 1.82) is 0 Å². The van der Waals surface area contributed by atoms with Gasteiger partial charge < -0.3 is 10.2 Å². The molecule has 0 atom stereocenters. The van der Waals surface area contributed by atoms with Crippen LogP contribution in [0.3, 0.4) is 0 Å². The highest BCUT2D eigenvalue weighted by Crippen LogP contribution is 2.28. The SMILES string of the molecule is CCNCC1CCN(C(=O)c2snnc2C(C)(C)C)CC1. The van der Waals surface area contributed by atoms with Crippen molar-refractivity contribution in [2.24, 2.45) is 5.92 Å². The number of carbonyl (C=O) groups is 1. The molecule has 0 radical (unpaired) electrons. The van der Waals surface area contributed by atoms with Crippen LogP contribution in [0.15, 0.2) is 0 Å². The van der Waals surface area contributed by atoms with Crippen LogP contribution in [0.4, 0.5) is 0 Å². The fourth-order valence-corrected chi connectivity index (χ4v) is 3.50. The summed E-state index contributed by atoms with van der Waals surface area (Å²) in [5, 5.41) is 7.57. The number of piperidine rings is 1. The second-order valence-corrected chi connectivity index (χ2v) is 7.50. The van der Waals surface area contributed by atoms with E-state index in [2.05, 4.69) is 42.6 Å². The van der Waals surface area contributed by atoms with E-state index in [4.69, 9.17) is 0 Å². The summed E-state index contributed by atoms with van der Waals surface area (Å²) < 4.78 is 3.99. The molecule has 1 saturated heterocycles. The Balaban J connectivity index is 1.98. The molecule has 0 aliphatic carbocycles. The van der Waals surface area contributed by atoms with E-state index in [1.807, 2.05) is 4.90 Å². The summed E-state index contributed by atoms with van der Waals surface area (Å²) >= 11 is 1.23. The van der Waals surface area contributed by atoms with E-state index < -0.39 is 0 Å². The molecule has 0 bridgehead atoms. The quantitative estimate of drug-likeness (QED) is 0.927. The van der Waals surface area contributed by atoms with Gasteiger partial charge in [0.05, 0.1) is 5.69 Å². The van der Waals surface area contributed by atoms with E-state index in [9.17, 15) is 4.79 Å². The number of likely N-dealkylation sites (tertiary alicyclic amines) is 1. The first-order valence-electron chi connectivity index (χ1n) is 7.76. The van der Waals surface area contributed by atoms with Crippen LogP contribution in [0.2, 0.25) is 0 Å². The van der Waals surface area contributed by atoms with E-state index in [1.54, 1.807) is 0 Å². The van der Waals surface area contributed by atoms with Gasteiger partial charge in [0.25, 0.3) is 5.91 Å². The number of hydrogen-bond acceptors (Lipinski definition) is 5. The monoisotopic (exact) mass is 310 g/mol. The molecular formula is C15H26N4OS. The lowest BCUT2D eigenvalue weighted by molar-refractivity contribution is 0.0692. The van der Waals surface area contributed by atoms with Gasteiger partial charge in [0.2, 0.25) is 0 Å². The molecule has 5 nitrogen and oxygen atoms in total. The zero-order valence-electron chi connectivity index (χ0n) is 13.5. The molecule has 1 aromatic rings. The third-order valence-corrected chi connectivity index (χ3v) is 4.69. The Morgan fingerprint density at radius 3 is 2.62 bits per heavy atom. The van der Waals surface area contributed by atoms with Gasteiger partial charge in [-0.15, -0.1) is 5.10 Å². The zero-order valence-corrected chi connectivity index (χ0v) is 14.3. The fourth-order valence-electron chi connectivity index (χ4n) is 2.65. The Morgan fingerprint density at radius 2 is 2.05 bits per heavy atom. The summed E-state index contributed by atoms with van der Waals surface area (Å²) in [4.78, 5) is 15.4. The highest BCUT2D eigenvalue weighted by molar-refractivity contribution is 7.08. The summed E-state index contributed by atoms with van der Waals surface area (Å²) in [6.45, 7) is 12.1. The maximum absolute atomic E-state index is 12.7. The molecule has 21 heavy (non-hydrogen) atoms. The number of hydrogen-bond donors (Lipinski definition) is 1. The maximum atomic E-state index is 12.7. The van der Waals surface area contributed by atoms with Crippen LogP contribution in [-0.4, -0.2) is 46.6 Å². The molecule has 6 heteroatoms. The Morgan fingerprint density at radius 1 is 1.38 bits per heavy atom. The lowest BCUT2D eigenvalue weighted by Crippen LogP contribution is -2.41. The molecule has 0 saturated carbocycles. The van der Waals surface area contributed by atoms with Crippen molar-refractivity contribution in [3.8, 4) is 0 Å². The number of nitrogens with one attached hydrogen (secondary N) is 1. The predicted molar refractivity (Wildman–Crippen MR) is 85.8 cm³/mol. The van der Waals surface area contributed by atoms with Gasteiger partial charge in [-0.2, -0.15) is 0 Å². The highest BCUT2D eigenvalue weighted by Gasteiger charge is 2.30. The Kier molecular flexibility index (Phi) is 5.32. The molecule has 0 unspecified atom stereocenters. The van der Waals surface area contributed by atoms with Gasteiger partial charge in [0.15, 0.2) is 0 Å². The molecule has 1 fully saturated rings. The second-order valence-electron chi connectivity index (χ2n) is 6.74. The standard InChI is InChI=1S/C15H26N4OS/c1-5-16-10-11-6-8-19(9-7-11)14(20)12-13(15(2,3)4)17-18-21-12/h11,16H,5-10H2,1-4H3. The van der Waals surface area contributed by atoms with Crippen molar-refractivity contribution in [1.82, 2.24) is 19.8 Å². The van der Waals surface area contributed by atoms with Crippen LogP contribution in [0.1, 0.15) is 55.9 Å². The maximum Gasteiger partial charge on any atom is 0.267 e. The molecule has 1 aromatic heterocycles. The van der Waals surface area contributed by atoms with Crippen LogP contribution in [0, 0.1) is 5.92 Å². The average molecular weight is 310 g/mol. The molecule has 0 aromatic carbocycles. The van der Waals surface area contributed by atoms with E-state index >= 15 is 0 Å². The second kappa shape index (κ2) is 6.83. The normalized spacial score (nSPS) is 17.2. The Labute approximate surface area is 131 Å². The first-order chi connectivity index (χ1) is 9.93. The van der Waals surface area contributed by atoms with Crippen molar-refractivity contribution >= 4 is 17.4 Å². The summed E-state index contributed by atoms with van der Waals surface area (Å²) in [7, 11) is 0. The number of aromatic nitrogens is 2. The molecular weight excluding hydrogens is 284 g/mol. The number of amides is 1. The number of rotatable bonds is 4. The molecule has 1 N–H and O–H groups in total.